The van der Waals surface area contributed by atoms with Gasteiger partial charge in [0.2, 0.25) is 0 Å². The van der Waals surface area contributed by atoms with Crippen molar-refractivity contribution in [3.05, 3.63) is 35.3 Å². The van der Waals surface area contributed by atoms with Crippen LogP contribution in [-0.4, -0.2) is 9.38 Å². The lowest BCUT2D eigenvalue weighted by Crippen LogP contribution is -2.22. The van der Waals surface area contributed by atoms with E-state index in [0.29, 0.717) is 0 Å². The number of pyridine rings is 1. The zero-order chi connectivity index (χ0) is 8.84. The molecular weight excluding hydrogens is 162 g/mol. The van der Waals surface area contributed by atoms with Gasteiger partial charge in [0.15, 0.2) is 0 Å². The summed E-state index contributed by atoms with van der Waals surface area (Å²) in [7, 11) is 0. The molecule has 0 saturated carbocycles. The Morgan fingerprint density at radius 3 is 3.23 bits per heavy atom. The van der Waals surface area contributed by atoms with Crippen LogP contribution >= 0.6 is 0 Å². The fourth-order valence-electron chi connectivity index (χ4n) is 1.99. The highest BCUT2D eigenvalue weighted by molar-refractivity contribution is 5.45. The van der Waals surface area contributed by atoms with E-state index in [1.54, 1.807) is 0 Å². The molecule has 0 atom stereocenters. The van der Waals surface area contributed by atoms with E-state index in [2.05, 4.69) is 39.8 Å². The molecule has 3 rings (SSSR count). The molecule has 0 aromatic carbocycles. The summed E-state index contributed by atoms with van der Waals surface area (Å²) in [5, 5.41) is 3.37. The molecule has 2 aromatic rings. The third-order valence-electron chi connectivity index (χ3n) is 2.62. The molecule has 0 aliphatic carbocycles. The second-order valence-corrected chi connectivity index (χ2v) is 3.46. The maximum Gasteiger partial charge on any atom is 0.137 e. The van der Waals surface area contributed by atoms with Crippen LogP contribution in [0.25, 0.3) is 5.65 Å². The van der Waals surface area contributed by atoms with Crippen LogP contribution in [0.2, 0.25) is 0 Å². The van der Waals surface area contributed by atoms with E-state index in [4.69, 9.17) is 0 Å². The lowest BCUT2D eigenvalue weighted by atomic mass is 10.2. The van der Waals surface area contributed by atoms with Gasteiger partial charge in [0.1, 0.15) is 5.65 Å². The maximum atomic E-state index is 4.51. The van der Waals surface area contributed by atoms with Gasteiger partial charge in [0.25, 0.3) is 0 Å². The molecule has 1 aliphatic rings. The van der Waals surface area contributed by atoms with Crippen LogP contribution in [0.5, 0.6) is 0 Å². The first-order valence-corrected chi connectivity index (χ1v) is 4.53. The Labute approximate surface area is 76.4 Å². The van der Waals surface area contributed by atoms with E-state index in [-0.39, 0.29) is 0 Å². The molecule has 0 amide bonds. The molecule has 0 fully saturated rings. The van der Waals surface area contributed by atoms with Crippen molar-refractivity contribution in [3.63, 3.8) is 0 Å². The van der Waals surface area contributed by atoms with Gasteiger partial charge >= 0.3 is 0 Å². The first kappa shape index (κ1) is 7.09. The number of imidazole rings is 1. The minimum absolute atomic E-state index is 0.935. The standard InChI is InChI=1S/C10H11N3/c1-7-9-6-11-5-8-3-2-4-10(12-7)13(8)9/h2-4,11H,5-6H2,1H3. The minimum Gasteiger partial charge on any atom is -0.306 e. The maximum absolute atomic E-state index is 4.51. The number of nitrogens with one attached hydrogen (secondary N) is 1. The Morgan fingerprint density at radius 1 is 1.38 bits per heavy atom. The lowest BCUT2D eigenvalue weighted by Gasteiger charge is -2.15. The fraction of sp³-hybridized carbons (Fsp3) is 0.300. The third kappa shape index (κ3) is 0.848. The Morgan fingerprint density at radius 2 is 2.31 bits per heavy atom. The van der Waals surface area contributed by atoms with Crippen molar-refractivity contribution in [2.24, 2.45) is 0 Å². The van der Waals surface area contributed by atoms with Gasteiger partial charge in [0.05, 0.1) is 11.4 Å². The highest BCUT2D eigenvalue weighted by atomic mass is 15.1. The number of nitrogens with zero attached hydrogens (tertiary/aromatic N) is 2. The number of hydrogen-bond acceptors (Lipinski definition) is 2. The van der Waals surface area contributed by atoms with Crippen LogP contribution in [-0.2, 0) is 13.1 Å². The van der Waals surface area contributed by atoms with Gasteiger partial charge < -0.3 is 5.32 Å². The van der Waals surface area contributed by atoms with E-state index < -0.39 is 0 Å². The number of hydrogen-bond donors (Lipinski definition) is 1. The quantitative estimate of drug-likeness (QED) is 0.649. The summed E-state index contributed by atoms with van der Waals surface area (Å²) in [6, 6.07) is 6.27. The average Bonchev–Trinajstić information content (AvgIpc) is 2.47. The molecule has 0 bridgehead atoms. The molecule has 0 unspecified atom stereocenters. The van der Waals surface area contributed by atoms with Gasteiger partial charge in [-0.15, -0.1) is 0 Å². The van der Waals surface area contributed by atoms with Gasteiger partial charge in [-0.25, -0.2) is 4.98 Å². The molecule has 3 heteroatoms. The van der Waals surface area contributed by atoms with Crippen molar-refractivity contribution in [1.82, 2.24) is 14.7 Å². The second-order valence-electron chi connectivity index (χ2n) is 3.46. The zero-order valence-corrected chi connectivity index (χ0v) is 7.54. The Bertz CT molecular complexity index is 470. The van der Waals surface area contributed by atoms with Crippen molar-refractivity contribution < 1.29 is 0 Å². The smallest absolute Gasteiger partial charge is 0.137 e. The van der Waals surface area contributed by atoms with E-state index in [1.807, 2.05) is 0 Å². The topological polar surface area (TPSA) is 29.3 Å². The van der Waals surface area contributed by atoms with Crippen molar-refractivity contribution in [1.29, 1.82) is 0 Å². The van der Waals surface area contributed by atoms with Gasteiger partial charge in [-0.1, -0.05) is 6.07 Å². The van der Waals surface area contributed by atoms with Crippen molar-refractivity contribution in [2.75, 3.05) is 0 Å². The number of rotatable bonds is 0. The number of aryl methyl sites for hydroxylation is 1. The zero-order valence-electron chi connectivity index (χ0n) is 7.54. The normalized spacial score (nSPS) is 15.2. The summed E-state index contributed by atoms with van der Waals surface area (Å²) in [5.74, 6) is 0. The Kier molecular flexibility index (Phi) is 1.27. The van der Waals surface area contributed by atoms with E-state index in [1.165, 1.54) is 11.4 Å². The molecule has 1 aliphatic heterocycles. The van der Waals surface area contributed by atoms with Crippen LogP contribution in [0.15, 0.2) is 18.2 Å². The molecular formula is C10H11N3. The molecule has 13 heavy (non-hydrogen) atoms. The van der Waals surface area contributed by atoms with Gasteiger partial charge in [-0.05, 0) is 19.1 Å². The molecule has 0 saturated heterocycles. The van der Waals surface area contributed by atoms with Gasteiger partial charge in [-0.2, -0.15) is 0 Å². The lowest BCUT2D eigenvalue weighted by molar-refractivity contribution is 0.610. The Hall–Kier alpha value is -1.35. The predicted molar refractivity (Wildman–Crippen MR) is 50.5 cm³/mol. The average molecular weight is 173 g/mol. The molecule has 0 radical (unpaired) electrons. The summed E-state index contributed by atoms with van der Waals surface area (Å²) < 4.78 is 2.26. The molecule has 3 nitrogen and oxygen atoms in total. The van der Waals surface area contributed by atoms with Crippen LogP contribution in [0.1, 0.15) is 17.1 Å². The summed E-state index contributed by atoms with van der Waals surface area (Å²) in [6.07, 6.45) is 0. The molecule has 66 valence electrons. The van der Waals surface area contributed by atoms with Crippen LogP contribution in [0.4, 0.5) is 0 Å². The summed E-state index contributed by atoms with van der Waals surface area (Å²) in [6.45, 7) is 3.95. The fourth-order valence-corrected chi connectivity index (χ4v) is 1.99. The minimum atomic E-state index is 0.935. The molecule has 3 heterocycles. The first-order valence-electron chi connectivity index (χ1n) is 4.53. The Balaban J connectivity index is 2.51. The summed E-state index contributed by atoms with van der Waals surface area (Å²) >= 11 is 0. The largest absolute Gasteiger partial charge is 0.306 e. The molecule has 0 spiro atoms. The van der Waals surface area contributed by atoms with E-state index in [0.717, 1.165) is 24.4 Å². The molecule has 2 aromatic heterocycles. The second kappa shape index (κ2) is 2.33. The van der Waals surface area contributed by atoms with E-state index >= 15 is 0 Å². The number of aromatic nitrogens is 2. The van der Waals surface area contributed by atoms with Crippen molar-refractivity contribution >= 4 is 5.65 Å². The highest BCUT2D eigenvalue weighted by Crippen LogP contribution is 2.17. The van der Waals surface area contributed by atoms with Crippen LogP contribution < -0.4 is 5.32 Å². The van der Waals surface area contributed by atoms with Gasteiger partial charge in [0, 0.05) is 18.8 Å². The summed E-state index contributed by atoms with van der Waals surface area (Å²) in [4.78, 5) is 4.51. The predicted octanol–water partition coefficient (Wildman–Crippen LogP) is 1.25. The monoisotopic (exact) mass is 173 g/mol. The van der Waals surface area contributed by atoms with E-state index in [9.17, 15) is 0 Å². The third-order valence-corrected chi connectivity index (χ3v) is 2.62. The first-order chi connectivity index (χ1) is 6.36. The molecule has 1 N–H and O–H groups in total. The SMILES string of the molecule is Cc1nc2cccc3n2c1CNC3. The van der Waals surface area contributed by atoms with Crippen molar-refractivity contribution in [3.8, 4) is 0 Å². The highest BCUT2D eigenvalue weighted by Gasteiger charge is 2.14. The van der Waals surface area contributed by atoms with Crippen LogP contribution in [0.3, 0.4) is 0 Å². The van der Waals surface area contributed by atoms with Gasteiger partial charge in [-0.3, -0.25) is 4.40 Å². The van der Waals surface area contributed by atoms with Crippen LogP contribution in [0, 0.1) is 6.92 Å². The summed E-state index contributed by atoms with van der Waals surface area (Å²) in [5.41, 5.74) is 4.82. The van der Waals surface area contributed by atoms with Crippen molar-refractivity contribution in [2.45, 2.75) is 20.0 Å².